The smallest absolute Gasteiger partial charge is 0.237 e. The molecule has 0 saturated heterocycles. The zero-order valence-corrected chi connectivity index (χ0v) is 10.6. The second kappa shape index (κ2) is 5.64. The molecule has 1 aliphatic carbocycles. The van der Waals surface area contributed by atoms with E-state index in [2.05, 4.69) is 19.2 Å². The number of hydrogen-bond donors (Lipinski definition) is 2. The van der Waals surface area contributed by atoms with E-state index < -0.39 is 6.04 Å². The Bertz CT molecular complexity index is 232. The summed E-state index contributed by atoms with van der Waals surface area (Å²) in [4.78, 5) is 11.7. The molecule has 16 heavy (non-hydrogen) atoms. The third-order valence-corrected chi connectivity index (χ3v) is 3.34. The van der Waals surface area contributed by atoms with Crippen molar-refractivity contribution in [2.75, 3.05) is 13.7 Å². The fraction of sp³-hybridized carbons (Fsp3) is 0.917. The summed E-state index contributed by atoms with van der Waals surface area (Å²) >= 11 is 0. The van der Waals surface area contributed by atoms with Crippen molar-refractivity contribution in [3.05, 3.63) is 0 Å². The van der Waals surface area contributed by atoms with Crippen LogP contribution in [0.3, 0.4) is 0 Å². The molecule has 1 rings (SSSR count). The van der Waals surface area contributed by atoms with Gasteiger partial charge in [0.15, 0.2) is 0 Å². The highest BCUT2D eigenvalue weighted by atomic mass is 16.5. The van der Waals surface area contributed by atoms with Crippen LogP contribution in [-0.4, -0.2) is 31.2 Å². The second-order valence-corrected chi connectivity index (χ2v) is 5.19. The molecule has 1 aliphatic rings. The van der Waals surface area contributed by atoms with E-state index in [9.17, 15) is 4.79 Å². The Morgan fingerprint density at radius 3 is 2.50 bits per heavy atom. The quantitative estimate of drug-likeness (QED) is 0.714. The zero-order valence-electron chi connectivity index (χ0n) is 10.6. The normalized spacial score (nSPS) is 20.3. The molecule has 0 bridgehead atoms. The van der Waals surface area contributed by atoms with E-state index in [0.29, 0.717) is 12.5 Å². The Balaban J connectivity index is 2.28. The van der Waals surface area contributed by atoms with Crippen molar-refractivity contribution in [2.24, 2.45) is 11.7 Å². The summed E-state index contributed by atoms with van der Waals surface area (Å²) in [5.74, 6) is 0.387. The predicted molar refractivity (Wildman–Crippen MR) is 64.0 cm³/mol. The highest BCUT2D eigenvalue weighted by Gasteiger charge is 2.37. The lowest BCUT2D eigenvalue weighted by atomic mass is 9.80. The average Bonchev–Trinajstić information content (AvgIpc) is 2.15. The number of nitrogens with two attached hydrogens (primary N) is 1. The summed E-state index contributed by atoms with van der Waals surface area (Å²) < 4.78 is 5.43. The number of methoxy groups -OCH3 is 1. The van der Waals surface area contributed by atoms with Gasteiger partial charge >= 0.3 is 0 Å². The van der Waals surface area contributed by atoms with Crippen LogP contribution in [0, 0.1) is 5.92 Å². The molecule has 0 aromatic heterocycles. The highest BCUT2D eigenvalue weighted by molar-refractivity contribution is 5.81. The first-order valence-corrected chi connectivity index (χ1v) is 6.07. The molecule has 0 aliphatic heterocycles. The lowest BCUT2D eigenvalue weighted by molar-refractivity contribution is -0.126. The maximum Gasteiger partial charge on any atom is 0.237 e. The van der Waals surface area contributed by atoms with Crippen molar-refractivity contribution in [1.29, 1.82) is 0 Å². The summed E-state index contributed by atoms with van der Waals surface area (Å²) in [6.07, 6.45) is 3.97. The molecule has 1 atom stereocenters. The Morgan fingerprint density at radius 2 is 2.12 bits per heavy atom. The van der Waals surface area contributed by atoms with E-state index in [4.69, 9.17) is 10.5 Å². The van der Waals surface area contributed by atoms with Crippen LogP contribution in [-0.2, 0) is 9.53 Å². The van der Waals surface area contributed by atoms with Gasteiger partial charge in [0.05, 0.1) is 11.6 Å². The topological polar surface area (TPSA) is 64.3 Å². The molecule has 0 aromatic rings. The number of amides is 1. The highest BCUT2D eigenvalue weighted by Crippen LogP contribution is 2.34. The third-order valence-electron chi connectivity index (χ3n) is 3.34. The maximum absolute atomic E-state index is 11.7. The van der Waals surface area contributed by atoms with Crippen LogP contribution in [0.4, 0.5) is 0 Å². The minimum absolute atomic E-state index is 0.0583. The summed E-state index contributed by atoms with van der Waals surface area (Å²) in [6, 6.07) is -0.394. The number of hydrogen-bond acceptors (Lipinski definition) is 3. The van der Waals surface area contributed by atoms with Crippen LogP contribution in [0.2, 0.25) is 0 Å². The molecule has 1 fully saturated rings. The SMILES string of the molecule is COC1(CNC(=O)[C@@H](N)CC(C)C)CCC1. The number of carbonyl (C=O) groups is 1. The molecule has 0 spiro atoms. The van der Waals surface area contributed by atoms with Crippen LogP contribution in [0.25, 0.3) is 0 Å². The first-order chi connectivity index (χ1) is 7.49. The third kappa shape index (κ3) is 3.46. The average molecular weight is 228 g/mol. The summed E-state index contributed by atoms with van der Waals surface area (Å²) in [5.41, 5.74) is 5.68. The van der Waals surface area contributed by atoms with Crippen molar-refractivity contribution in [3.8, 4) is 0 Å². The number of rotatable bonds is 6. The Hall–Kier alpha value is -0.610. The molecule has 0 aromatic carbocycles. The molecule has 0 radical (unpaired) electrons. The number of nitrogens with one attached hydrogen (secondary N) is 1. The largest absolute Gasteiger partial charge is 0.376 e. The van der Waals surface area contributed by atoms with Gasteiger partial charge in [-0.1, -0.05) is 13.8 Å². The molecular weight excluding hydrogens is 204 g/mol. The summed E-state index contributed by atoms with van der Waals surface area (Å²) in [7, 11) is 1.71. The van der Waals surface area contributed by atoms with E-state index in [1.54, 1.807) is 7.11 Å². The molecule has 94 valence electrons. The number of carbonyl (C=O) groups excluding carboxylic acids is 1. The van der Waals surface area contributed by atoms with Crippen molar-refractivity contribution >= 4 is 5.91 Å². The van der Waals surface area contributed by atoms with Crippen molar-refractivity contribution in [2.45, 2.75) is 51.2 Å². The summed E-state index contributed by atoms with van der Waals surface area (Å²) in [6.45, 7) is 4.72. The lowest BCUT2D eigenvalue weighted by Crippen LogP contribution is -2.52. The van der Waals surface area contributed by atoms with E-state index in [-0.39, 0.29) is 11.5 Å². The molecule has 3 N–H and O–H groups in total. The van der Waals surface area contributed by atoms with Crippen molar-refractivity contribution < 1.29 is 9.53 Å². The lowest BCUT2D eigenvalue weighted by Gasteiger charge is -2.40. The second-order valence-electron chi connectivity index (χ2n) is 5.19. The van der Waals surface area contributed by atoms with Crippen molar-refractivity contribution in [3.63, 3.8) is 0 Å². The van der Waals surface area contributed by atoms with E-state index in [1.807, 2.05) is 0 Å². The fourth-order valence-corrected chi connectivity index (χ4v) is 2.02. The van der Waals surface area contributed by atoms with Crippen LogP contribution in [0.5, 0.6) is 0 Å². The monoisotopic (exact) mass is 228 g/mol. The Labute approximate surface area is 97.9 Å². The first kappa shape index (κ1) is 13.5. The maximum atomic E-state index is 11.7. The van der Waals surface area contributed by atoms with Crippen molar-refractivity contribution in [1.82, 2.24) is 5.32 Å². The molecule has 0 heterocycles. The van der Waals surface area contributed by atoms with Gasteiger partial charge in [-0.3, -0.25) is 4.79 Å². The minimum Gasteiger partial charge on any atom is -0.376 e. The molecule has 1 amide bonds. The van der Waals surface area contributed by atoms with Gasteiger partial charge in [-0.15, -0.1) is 0 Å². The van der Waals surface area contributed by atoms with E-state index in [1.165, 1.54) is 6.42 Å². The standard InChI is InChI=1S/C12H24N2O2/c1-9(2)7-10(13)11(15)14-8-12(16-3)5-4-6-12/h9-10H,4-8,13H2,1-3H3,(H,14,15)/t10-/m0/s1. The molecular formula is C12H24N2O2. The van der Waals surface area contributed by atoms with Gasteiger partial charge < -0.3 is 15.8 Å². The first-order valence-electron chi connectivity index (χ1n) is 6.07. The zero-order chi connectivity index (χ0) is 12.2. The van der Waals surface area contributed by atoms with Gasteiger partial charge in [-0.25, -0.2) is 0 Å². The molecule has 4 nitrogen and oxygen atoms in total. The van der Waals surface area contributed by atoms with Gasteiger partial charge in [0.1, 0.15) is 0 Å². The Kier molecular flexibility index (Phi) is 4.74. The minimum atomic E-state index is -0.394. The molecule has 4 heteroatoms. The van der Waals surface area contributed by atoms with Gasteiger partial charge in [-0.2, -0.15) is 0 Å². The fourth-order valence-electron chi connectivity index (χ4n) is 2.02. The van der Waals surface area contributed by atoms with Crippen LogP contribution in [0.15, 0.2) is 0 Å². The van der Waals surface area contributed by atoms with Gasteiger partial charge in [-0.05, 0) is 31.6 Å². The van der Waals surface area contributed by atoms with Crippen LogP contribution >= 0.6 is 0 Å². The van der Waals surface area contributed by atoms with Crippen LogP contribution < -0.4 is 11.1 Å². The Morgan fingerprint density at radius 1 is 1.50 bits per heavy atom. The van der Waals surface area contributed by atoms with E-state index >= 15 is 0 Å². The molecule has 0 unspecified atom stereocenters. The molecule has 1 saturated carbocycles. The van der Waals surface area contributed by atoms with Crippen LogP contribution in [0.1, 0.15) is 39.5 Å². The van der Waals surface area contributed by atoms with Gasteiger partial charge in [0.25, 0.3) is 0 Å². The van der Waals surface area contributed by atoms with Gasteiger partial charge in [0.2, 0.25) is 5.91 Å². The number of ether oxygens (including phenoxy) is 1. The van der Waals surface area contributed by atoms with Gasteiger partial charge in [0, 0.05) is 13.7 Å². The van der Waals surface area contributed by atoms with E-state index in [0.717, 1.165) is 19.3 Å². The predicted octanol–water partition coefficient (Wildman–Crippen LogP) is 1.05. The summed E-state index contributed by atoms with van der Waals surface area (Å²) in [5, 5.41) is 2.89.